The van der Waals surface area contributed by atoms with Crippen LogP contribution in [0, 0.1) is 29.6 Å². The highest BCUT2D eigenvalue weighted by Crippen LogP contribution is 2.34. The molecule has 0 bridgehead atoms. The van der Waals surface area contributed by atoms with E-state index in [9.17, 15) is 19.2 Å². The lowest BCUT2D eigenvalue weighted by atomic mass is 9.77. The van der Waals surface area contributed by atoms with Crippen LogP contribution >= 0.6 is 0 Å². The highest BCUT2D eigenvalue weighted by Gasteiger charge is 2.35. The van der Waals surface area contributed by atoms with Gasteiger partial charge in [0, 0.05) is 13.1 Å². The number of fused-ring (bicyclic) bond motifs is 1. The maximum absolute atomic E-state index is 13.9. The van der Waals surface area contributed by atoms with Gasteiger partial charge in [-0.25, -0.2) is 4.68 Å². The highest BCUT2D eigenvalue weighted by atomic mass is 19.1. The summed E-state index contributed by atoms with van der Waals surface area (Å²) in [6.07, 6.45) is 3.45. The molecule has 3 aromatic rings. The molecule has 9 nitrogen and oxygen atoms in total. The molecule has 4 rings (SSSR count). The van der Waals surface area contributed by atoms with Crippen molar-refractivity contribution in [2.45, 2.75) is 33.1 Å². The number of piperidine rings is 1. The van der Waals surface area contributed by atoms with Crippen LogP contribution in [0.4, 0.5) is 4.39 Å². The summed E-state index contributed by atoms with van der Waals surface area (Å²) in [5, 5.41) is 17.7. The lowest BCUT2D eigenvalue weighted by Gasteiger charge is -2.36. The van der Waals surface area contributed by atoms with Crippen LogP contribution in [0.1, 0.15) is 42.2 Å². The molecular formula is C19H20FN7O2. The van der Waals surface area contributed by atoms with Gasteiger partial charge in [-0.15, -0.1) is 5.10 Å². The Morgan fingerprint density at radius 2 is 2.10 bits per heavy atom. The second-order valence-electron chi connectivity index (χ2n) is 7.32. The van der Waals surface area contributed by atoms with Crippen molar-refractivity contribution in [2.75, 3.05) is 13.1 Å². The van der Waals surface area contributed by atoms with Gasteiger partial charge in [0.2, 0.25) is 11.9 Å². The molecule has 0 radical (unpaired) electrons. The summed E-state index contributed by atoms with van der Waals surface area (Å²) in [5.41, 5.74) is 0.0670. The Bertz CT molecular complexity index is 1190. The Morgan fingerprint density at radius 1 is 1.38 bits per heavy atom. The molecule has 1 saturated heterocycles. The molecule has 29 heavy (non-hydrogen) atoms. The molecule has 1 aliphatic rings. The first-order valence-corrected chi connectivity index (χ1v) is 9.42. The number of hydrogen-bond donors (Lipinski definition) is 1. The Morgan fingerprint density at radius 3 is 2.76 bits per heavy atom. The number of likely N-dealkylation sites (tertiary alicyclic amines) is 1. The number of nitriles is 1. The number of hydrogen-bond acceptors (Lipinski definition) is 5. The third-order valence-electron chi connectivity index (χ3n) is 5.82. The number of halogens is 1. The number of aromatic nitrogens is 5. The molecule has 150 valence electrons. The molecule has 1 amide bonds. The van der Waals surface area contributed by atoms with Crippen molar-refractivity contribution >= 4 is 11.4 Å². The summed E-state index contributed by atoms with van der Waals surface area (Å²) in [6.45, 7) is 4.68. The minimum absolute atomic E-state index is 0.0160. The Hall–Kier alpha value is -3.48. The quantitative estimate of drug-likeness (QED) is 0.724. The van der Waals surface area contributed by atoms with Crippen LogP contribution in [-0.4, -0.2) is 48.3 Å². The normalized spacial score (nSPS) is 16.1. The lowest BCUT2D eigenvalue weighted by molar-refractivity contribution is 0.0642. The van der Waals surface area contributed by atoms with E-state index >= 15 is 0 Å². The van der Waals surface area contributed by atoms with Crippen molar-refractivity contribution in [1.82, 2.24) is 29.3 Å². The third kappa shape index (κ3) is 2.99. The smallest absolute Gasteiger partial charge is 0.276 e. The molecule has 1 N–H and O–H groups in total. The molecule has 1 fully saturated rings. The number of aromatic amines is 1. The van der Waals surface area contributed by atoms with Crippen molar-refractivity contribution in [3.05, 3.63) is 45.9 Å². The van der Waals surface area contributed by atoms with E-state index in [-0.39, 0.29) is 22.8 Å². The highest BCUT2D eigenvalue weighted by molar-refractivity contribution is 5.95. The van der Waals surface area contributed by atoms with Crippen LogP contribution in [0.5, 0.6) is 0 Å². The summed E-state index contributed by atoms with van der Waals surface area (Å²) < 4.78 is 16.1. The SMILES string of the molecule is CCC1(C#N)CCN(C(=O)c2cnn(-c3nn4c(F)ccc4c(=O)[nH]3)c2C)CC1. The van der Waals surface area contributed by atoms with E-state index in [0.717, 1.165) is 17.0 Å². The zero-order chi connectivity index (χ0) is 20.8. The lowest BCUT2D eigenvalue weighted by Crippen LogP contribution is -2.42. The van der Waals surface area contributed by atoms with Gasteiger partial charge in [0.1, 0.15) is 5.52 Å². The van der Waals surface area contributed by atoms with Gasteiger partial charge in [-0.05, 0) is 38.3 Å². The Balaban J connectivity index is 1.63. The first-order valence-electron chi connectivity index (χ1n) is 9.42. The van der Waals surface area contributed by atoms with Crippen LogP contribution in [0.25, 0.3) is 11.5 Å². The minimum atomic E-state index is -0.668. The van der Waals surface area contributed by atoms with Crippen LogP contribution < -0.4 is 5.56 Å². The molecule has 0 aromatic carbocycles. The third-order valence-corrected chi connectivity index (χ3v) is 5.82. The van der Waals surface area contributed by atoms with Crippen molar-refractivity contribution in [1.29, 1.82) is 5.26 Å². The average molecular weight is 397 g/mol. The van der Waals surface area contributed by atoms with Gasteiger partial charge in [-0.1, -0.05) is 6.92 Å². The number of carbonyl (C=O) groups excluding carboxylic acids is 1. The average Bonchev–Trinajstić information content (AvgIpc) is 3.30. The van der Waals surface area contributed by atoms with Crippen LogP contribution in [0.3, 0.4) is 0 Å². The Kier molecular flexibility index (Phi) is 4.45. The Labute approximate surface area is 165 Å². The zero-order valence-electron chi connectivity index (χ0n) is 16.1. The molecule has 4 heterocycles. The van der Waals surface area contributed by atoms with Gasteiger partial charge < -0.3 is 4.90 Å². The number of amides is 1. The largest absolute Gasteiger partial charge is 0.338 e. The molecule has 0 unspecified atom stereocenters. The molecule has 1 aliphatic heterocycles. The molecular weight excluding hydrogens is 377 g/mol. The summed E-state index contributed by atoms with van der Waals surface area (Å²) in [5.74, 6) is -0.840. The number of nitrogens with one attached hydrogen (secondary N) is 1. The fourth-order valence-corrected chi connectivity index (χ4v) is 3.74. The van der Waals surface area contributed by atoms with Crippen LogP contribution in [0.2, 0.25) is 0 Å². The summed E-state index contributed by atoms with van der Waals surface area (Å²) in [7, 11) is 0. The second-order valence-corrected chi connectivity index (χ2v) is 7.32. The van der Waals surface area contributed by atoms with Crippen molar-refractivity contribution in [3.63, 3.8) is 0 Å². The fraction of sp³-hybridized carbons (Fsp3) is 0.421. The van der Waals surface area contributed by atoms with E-state index in [1.54, 1.807) is 11.8 Å². The molecule has 0 saturated carbocycles. The predicted octanol–water partition coefficient (Wildman–Crippen LogP) is 1.81. The monoisotopic (exact) mass is 397 g/mol. The first kappa shape index (κ1) is 18.9. The summed E-state index contributed by atoms with van der Waals surface area (Å²) >= 11 is 0. The topological polar surface area (TPSA) is 112 Å². The number of carbonyl (C=O) groups is 1. The molecule has 0 atom stereocenters. The van der Waals surface area contributed by atoms with Crippen LogP contribution in [0.15, 0.2) is 23.1 Å². The fourth-order valence-electron chi connectivity index (χ4n) is 3.74. The van der Waals surface area contributed by atoms with Gasteiger partial charge in [0.15, 0.2) is 0 Å². The molecule has 0 spiro atoms. The van der Waals surface area contributed by atoms with E-state index in [4.69, 9.17) is 0 Å². The van der Waals surface area contributed by atoms with E-state index in [1.807, 2.05) is 6.92 Å². The summed E-state index contributed by atoms with van der Waals surface area (Å²) in [4.78, 5) is 29.4. The maximum Gasteiger partial charge on any atom is 0.276 e. The minimum Gasteiger partial charge on any atom is -0.338 e. The molecule has 0 aliphatic carbocycles. The van der Waals surface area contributed by atoms with Gasteiger partial charge in [0.25, 0.3) is 11.5 Å². The molecule has 10 heteroatoms. The number of rotatable bonds is 3. The number of H-pyrrole nitrogens is 1. The van der Waals surface area contributed by atoms with E-state index in [1.165, 1.54) is 16.9 Å². The maximum atomic E-state index is 13.9. The zero-order valence-corrected chi connectivity index (χ0v) is 16.1. The standard InChI is InChI=1S/C19H20FN7O2/c1-3-19(11-21)6-8-25(9-7-19)17(29)13-10-22-26(12(13)2)18-23-16(28)14-4-5-15(20)27(14)24-18/h4-5,10H,3,6-9H2,1-2H3,(H,23,24,28). The summed E-state index contributed by atoms with van der Waals surface area (Å²) in [6, 6.07) is 4.89. The van der Waals surface area contributed by atoms with E-state index in [2.05, 4.69) is 21.3 Å². The second kappa shape index (κ2) is 6.84. The van der Waals surface area contributed by atoms with E-state index < -0.39 is 11.5 Å². The van der Waals surface area contributed by atoms with Crippen molar-refractivity contribution < 1.29 is 9.18 Å². The van der Waals surface area contributed by atoms with Gasteiger partial charge >= 0.3 is 0 Å². The van der Waals surface area contributed by atoms with Crippen molar-refractivity contribution in [2.24, 2.45) is 5.41 Å². The first-order chi connectivity index (χ1) is 13.9. The van der Waals surface area contributed by atoms with E-state index in [0.29, 0.717) is 37.2 Å². The van der Waals surface area contributed by atoms with Gasteiger partial charge in [0.05, 0.1) is 28.9 Å². The van der Waals surface area contributed by atoms with Crippen LogP contribution in [-0.2, 0) is 0 Å². The van der Waals surface area contributed by atoms with Gasteiger partial charge in [-0.2, -0.15) is 19.3 Å². The predicted molar refractivity (Wildman–Crippen MR) is 101 cm³/mol. The van der Waals surface area contributed by atoms with Crippen molar-refractivity contribution in [3.8, 4) is 12.0 Å². The van der Waals surface area contributed by atoms with Gasteiger partial charge in [-0.3, -0.25) is 14.6 Å². The molecule has 3 aromatic heterocycles. The number of nitrogens with zero attached hydrogens (tertiary/aromatic N) is 6.